The second-order valence-electron chi connectivity index (χ2n) is 5.50. The summed E-state index contributed by atoms with van der Waals surface area (Å²) in [6.07, 6.45) is -0.520. The van der Waals surface area contributed by atoms with E-state index in [9.17, 15) is 9.59 Å². The van der Waals surface area contributed by atoms with Gasteiger partial charge in [0.1, 0.15) is 0 Å². The minimum absolute atomic E-state index is 0.0136. The highest BCUT2D eigenvalue weighted by Crippen LogP contribution is 2.23. The number of carbonyl (C=O) groups is 2. The van der Waals surface area contributed by atoms with Crippen molar-refractivity contribution in [3.05, 3.63) is 35.4 Å². The lowest BCUT2D eigenvalue weighted by Gasteiger charge is -2.31. The number of carboxylic acid groups (broad SMARTS) is 1. The number of rotatable bonds is 4. The molecule has 0 aromatic heterocycles. The van der Waals surface area contributed by atoms with E-state index in [0.29, 0.717) is 13.0 Å². The number of nitrogens with zero attached hydrogens (tertiary/aromatic N) is 1. The van der Waals surface area contributed by atoms with E-state index in [4.69, 9.17) is 9.84 Å². The van der Waals surface area contributed by atoms with Crippen molar-refractivity contribution in [2.75, 3.05) is 19.7 Å². The molecule has 1 saturated heterocycles. The maximum atomic E-state index is 12.3. The molecular weight excluding hydrogens is 270 g/mol. The molecule has 5 heteroatoms. The molecule has 1 aliphatic rings. The van der Waals surface area contributed by atoms with Gasteiger partial charge in [-0.1, -0.05) is 31.2 Å². The average Bonchev–Trinajstić information content (AvgIpc) is 2.47. The van der Waals surface area contributed by atoms with E-state index in [0.717, 1.165) is 5.56 Å². The molecule has 1 aromatic rings. The molecule has 1 amide bonds. The summed E-state index contributed by atoms with van der Waals surface area (Å²) in [6, 6.07) is 8.02. The van der Waals surface area contributed by atoms with E-state index in [2.05, 4.69) is 0 Å². The van der Waals surface area contributed by atoms with Crippen molar-refractivity contribution >= 4 is 11.9 Å². The quantitative estimate of drug-likeness (QED) is 0.918. The smallest absolute Gasteiger partial charge is 0.334 e. The van der Waals surface area contributed by atoms with Gasteiger partial charge in [0.25, 0.3) is 0 Å². The molecule has 0 bridgehead atoms. The summed E-state index contributed by atoms with van der Waals surface area (Å²) in [5.41, 5.74) is 2.33. The first-order valence-corrected chi connectivity index (χ1v) is 7.16. The fraction of sp³-hybridized carbons (Fsp3) is 0.500. The minimum atomic E-state index is -1.01. The molecule has 1 N–H and O–H groups in total. The molecule has 2 unspecified atom stereocenters. The number of benzene rings is 1. The van der Waals surface area contributed by atoms with Crippen LogP contribution in [0.25, 0.3) is 0 Å². The second kappa shape index (κ2) is 6.72. The van der Waals surface area contributed by atoms with Gasteiger partial charge in [-0.25, -0.2) is 4.79 Å². The van der Waals surface area contributed by atoms with Gasteiger partial charge in [-0.2, -0.15) is 0 Å². The zero-order chi connectivity index (χ0) is 15.4. The fourth-order valence-corrected chi connectivity index (χ4v) is 2.67. The lowest BCUT2D eigenvalue weighted by Crippen LogP contribution is -2.48. The van der Waals surface area contributed by atoms with Gasteiger partial charge < -0.3 is 14.7 Å². The summed E-state index contributed by atoms with van der Waals surface area (Å²) in [5.74, 6) is -0.912. The highest BCUT2D eigenvalue weighted by atomic mass is 16.5. The maximum absolute atomic E-state index is 12.3. The monoisotopic (exact) mass is 291 g/mol. The van der Waals surface area contributed by atoms with Crippen LogP contribution in [0.1, 0.15) is 30.4 Å². The second-order valence-corrected chi connectivity index (χ2v) is 5.50. The van der Waals surface area contributed by atoms with Crippen molar-refractivity contribution in [3.8, 4) is 0 Å². The van der Waals surface area contributed by atoms with Crippen LogP contribution in [0.15, 0.2) is 24.3 Å². The molecule has 0 spiro atoms. The summed E-state index contributed by atoms with van der Waals surface area (Å²) in [5, 5.41) is 8.97. The Bertz CT molecular complexity index is 529. The van der Waals surface area contributed by atoms with Crippen molar-refractivity contribution in [3.63, 3.8) is 0 Å². The third kappa shape index (κ3) is 3.82. The van der Waals surface area contributed by atoms with Crippen LogP contribution in [0.2, 0.25) is 0 Å². The Hall–Kier alpha value is -1.88. The van der Waals surface area contributed by atoms with Gasteiger partial charge in [0.2, 0.25) is 5.91 Å². The SMILES string of the molecule is Cc1ccccc1C(C)CC(=O)N1CCOC(C(=O)O)C1. The topological polar surface area (TPSA) is 66.8 Å². The van der Waals surface area contributed by atoms with Gasteiger partial charge in [0.15, 0.2) is 6.10 Å². The van der Waals surface area contributed by atoms with Gasteiger partial charge in [-0.05, 0) is 24.0 Å². The lowest BCUT2D eigenvalue weighted by molar-refractivity contribution is -0.159. The van der Waals surface area contributed by atoms with E-state index in [1.807, 2.05) is 38.1 Å². The number of aliphatic carboxylic acids is 1. The molecular formula is C16H21NO4. The van der Waals surface area contributed by atoms with Gasteiger partial charge in [0.05, 0.1) is 13.2 Å². The number of morpholine rings is 1. The van der Waals surface area contributed by atoms with E-state index in [-0.39, 0.29) is 25.0 Å². The Kier molecular flexibility index (Phi) is 4.96. The fourth-order valence-electron chi connectivity index (χ4n) is 2.67. The highest BCUT2D eigenvalue weighted by molar-refractivity contribution is 5.79. The lowest BCUT2D eigenvalue weighted by atomic mass is 9.93. The molecule has 1 aromatic carbocycles. The Morgan fingerprint density at radius 3 is 2.81 bits per heavy atom. The number of hydrogen-bond donors (Lipinski definition) is 1. The Balaban J connectivity index is 1.98. The van der Waals surface area contributed by atoms with E-state index in [1.54, 1.807) is 4.90 Å². The molecule has 2 rings (SSSR count). The molecule has 0 saturated carbocycles. The molecule has 1 aliphatic heterocycles. The molecule has 0 radical (unpaired) electrons. The molecule has 1 fully saturated rings. The standard InChI is InChI=1S/C16H21NO4/c1-11-5-3-4-6-13(11)12(2)9-15(18)17-7-8-21-14(10-17)16(19)20/h3-6,12,14H,7-10H2,1-2H3,(H,19,20). The third-order valence-electron chi connectivity index (χ3n) is 3.89. The molecule has 114 valence electrons. The molecule has 21 heavy (non-hydrogen) atoms. The minimum Gasteiger partial charge on any atom is -0.479 e. The third-order valence-corrected chi connectivity index (χ3v) is 3.89. The zero-order valence-corrected chi connectivity index (χ0v) is 12.4. The Morgan fingerprint density at radius 2 is 2.14 bits per heavy atom. The maximum Gasteiger partial charge on any atom is 0.334 e. The number of carbonyl (C=O) groups excluding carboxylic acids is 1. The van der Waals surface area contributed by atoms with Crippen molar-refractivity contribution in [1.82, 2.24) is 4.90 Å². The van der Waals surface area contributed by atoms with Crippen LogP contribution in [0, 0.1) is 6.92 Å². The zero-order valence-electron chi connectivity index (χ0n) is 12.4. The number of ether oxygens (including phenoxy) is 1. The van der Waals surface area contributed by atoms with E-state index < -0.39 is 12.1 Å². The van der Waals surface area contributed by atoms with Gasteiger partial charge >= 0.3 is 5.97 Å². The summed E-state index contributed by atoms with van der Waals surface area (Å²) >= 11 is 0. The van der Waals surface area contributed by atoms with Crippen LogP contribution in [0.5, 0.6) is 0 Å². The first-order chi connectivity index (χ1) is 9.99. The molecule has 2 atom stereocenters. The van der Waals surface area contributed by atoms with Crippen LogP contribution in [0.3, 0.4) is 0 Å². The van der Waals surface area contributed by atoms with E-state index in [1.165, 1.54) is 5.56 Å². The molecule has 5 nitrogen and oxygen atoms in total. The van der Waals surface area contributed by atoms with Gasteiger partial charge in [0, 0.05) is 13.0 Å². The van der Waals surface area contributed by atoms with Crippen LogP contribution >= 0.6 is 0 Å². The predicted molar refractivity (Wildman–Crippen MR) is 78.2 cm³/mol. The molecule has 0 aliphatic carbocycles. The highest BCUT2D eigenvalue weighted by Gasteiger charge is 2.29. The molecule has 1 heterocycles. The first-order valence-electron chi connectivity index (χ1n) is 7.16. The Labute approximate surface area is 124 Å². The van der Waals surface area contributed by atoms with Crippen LogP contribution in [0.4, 0.5) is 0 Å². The number of carboxylic acids is 1. The summed E-state index contributed by atoms with van der Waals surface area (Å²) in [7, 11) is 0. The van der Waals surface area contributed by atoms with Crippen molar-refractivity contribution in [2.24, 2.45) is 0 Å². The summed E-state index contributed by atoms with van der Waals surface area (Å²) < 4.78 is 5.14. The van der Waals surface area contributed by atoms with Crippen molar-refractivity contribution in [1.29, 1.82) is 0 Å². The first kappa shape index (κ1) is 15.5. The normalized spacial score (nSPS) is 20.1. The average molecular weight is 291 g/mol. The predicted octanol–water partition coefficient (Wildman–Crippen LogP) is 1.80. The van der Waals surface area contributed by atoms with Crippen LogP contribution in [-0.2, 0) is 14.3 Å². The largest absolute Gasteiger partial charge is 0.479 e. The van der Waals surface area contributed by atoms with E-state index >= 15 is 0 Å². The Morgan fingerprint density at radius 1 is 1.43 bits per heavy atom. The summed E-state index contributed by atoms with van der Waals surface area (Å²) in [4.78, 5) is 24.9. The number of amides is 1. The number of aryl methyl sites for hydroxylation is 1. The van der Waals surface area contributed by atoms with Gasteiger partial charge in [-0.3, -0.25) is 4.79 Å². The van der Waals surface area contributed by atoms with Gasteiger partial charge in [-0.15, -0.1) is 0 Å². The van der Waals surface area contributed by atoms with Crippen molar-refractivity contribution in [2.45, 2.75) is 32.3 Å². The van der Waals surface area contributed by atoms with Crippen molar-refractivity contribution < 1.29 is 19.4 Å². The number of hydrogen-bond acceptors (Lipinski definition) is 3. The van der Waals surface area contributed by atoms with Crippen LogP contribution < -0.4 is 0 Å². The van der Waals surface area contributed by atoms with Crippen LogP contribution in [-0.4, -0.2) is 47.7 Å². The summed E-state index contributed by atoms with van der Waals surface area (Å²) in [6.45, 7) is 4.93.